The number of ether oxygens (including phenoxy) is 3. The lowest BCUT2D eigenvalue weighted by molar-refractivity contribution is -0.169. The molecule has 2 atom stereocenters. The van der Waals surface area contributed by atoms with Crippen LogP contribution in [-0.4, -0.2) is 56.7 Å². The maximum Gasteiger partial charge on any atom is 0.323 e. The van der Waals surface area contributed by atoms with Gasteiger partial charge in [-0.15, -0.1) is 11.6 Å². The molecule has 0 aromatic heterocycles. The summed E-state index contributed by atoms with van der Waals surface area (Å²) in [4.78, 5) is 60.6. The van der Waals surface area contributed by atoms with Crippen molar-refractivity contribution in [1.29, 1.82) is 0 Å². The number of hydrogen-bond donors (Lipinski definition) is 0. The number of Topliss-reactive ketones (excluding diaryl/α,β-unsaturated/α-hetero) is 1. The Bertz CT molecular complexity index is 823. The Kier molecular flexibility index (Phi) is 11.8. The fourth-order valence-electron chi connectivity index (χ4n) is 3.81. The van der Waals surface area contributed by atoms with Gasteiger partial charge >= 0.3 is 17.9 Å². The Hall–Kier alpha value is -2.74. The van der Waals surface area contributed by atoms with Crippen LogP contribution in [0.2, 0.25) is 0 Å². The van der Waals surface area contributed by atoms with Crippen molar-refractivity contribution in [2.24, 2.45) is 17.3 Å². The maximum absolute atomic E-state index is 12.6. The molecule has 0 radical (unpaired) electrons. The summed E-state index contributed by atoms with van der Waals surface area (Å²) in [7, 11) is 3.62. The summed E-state index contributed by atoms with van der Waals surface area (Å²) < 4.78 is 14.5. The van der Waals surface area contributed by atoms with Gasteiger partial charge < -0.3 is 14.2 Å². The van der Waals surface area contributed by atoms with Gasteiger partial charge in [-0.1, -0.05) is 29.9 Å². The molecular weight excluding hydrogens is 452 g/mol. The minimum Gasteiger partial charge on any atom is -0.468 e. The normalized spacial score (nSPS) is 19.2. The van der Waals surface area contributed by atoms with E-state index in [0.717, 1.165) is 0 Å². The molecule has 0 saturated heterocycles. The van der Waals surface area contributed by atoms with Crippen molar-refractivity contribution < 1.29 is 38.2 Å². The lowest BCUT2D eigenvalue weighted by Crippen LogP contribution is -2.41. The van der Waals surface area contributed by atoms with Gasteiger partial charge in [-0.3, -0.25) is 24.0 Å². The van der Waals surface area contributed by atoms with Gasteiger partial charge in [0.15, 0.2) is 11.2 Å². The number of methoxy groups -OCH3 is 3. The van der Waals surface area contributed by atoms with Crippen molar-refractivity contribution in [2.75, 3.05) is 27.2 Å². The lowest BCUT2D eigenvalue weighted by Gasteiger charge is -2.27. The summed E-state index contributed by atoms with van der Waals surface area (Å²) in [5, 5.41) is 0. The number of halogens is 1. The molecule has 0 unspecified atom stereocenters. The lowest BCUT2D eigenvalue weighted by atomic mass is 9.78. The smallest absolute Gasteiger partial charge is 0.323 e. The highest BCUT2D eigenvalue weighted by Gasteiger charge is 2.47. The summed E-state index contributed by atoms with van der Waals surface area (Å²) in [5.41, 5.74) is -0.924. The van der Waals surface area contributed by atoms with Gasteiger partial charge in [0.2, 0.25) is 0 Å². The maximum atomic E-state index is 12.6. The van der Waals surface area contributed by atoms with E-state index in [9.17, 15) is 24.0 Å². The van der Waals surface area contributed by atoms with E-state index >= 15 is 0 Å². The van der Waals surface area contributed by atoms with E-state index in [2.05, 4.69) is 0 Å². The number of hydrogen-bond acceptors (Lipinski definition) is 8. The average Bonchev–Trinajstić information content (AvgIpc) is 3.19. The zero-order valence-corrected chi connectivity index (χ0v) is 20.2. The first kappa shape index (κ1) is 28.3. The second-order valence-corrected chi connectivity index (χ2v) is 8.11. The number of ketones is 2. The molecule has 0 aromatic carbocycles. The Labute approximate surface area is 199 Å². The van der Waals surface area contributed by atoms with Gasteiger partial charge in [0.05, 0.1) is 27.2 Å². The van der Waals surface area contributed by atoms with E-state index in [0.29, 0.717) is 18.4 Å². The summed E-state index contributed by atoms with van der Waals surface area (Å²) in [6, 6.07) is 0. The van der Waals surface area contributed by atoms with Crippen molar-refractivity contribution in [3.05, 3.63) is 36.0 Å². The van der Waals surface area contributed by atoms with Crippen LogP contribution in [0, 0.1) is 17.3 Å². The van der Waals surface area contributed by atoms with Gasteiger partial charge in [-0.05, 0) is 44.6 Å². The van der Waals surface area contributed by atoms with Crippen LogP contribution in [0.5, 0.6) is 0 Å². The molecule has 0 heterocycles. The first-order chi connectivity index (χ1) is 15.7. The van der Waals surface area contributed by atoms with Crippen LogP contribution in [0.25, 0.3) is 0 Å². The van der Waals surface area contributed by atoms with Gasteiger partial charge in [0.25, 0.3) is 0 Å². The highest BCUT2D eigenvalue weighted by atomic mass is 35.5. The van der Waals surface area contributed by atoms with Crippen LogP contribution < -0.4 is 0 Å². The third kappa shape index (κ3) is 7.67. The summed E-state index contributed by atoms with van der Waals surface area (Å²) in [6.07, 6.45) is 9.25. The highest BCUT2D eigenvalue weighted by molar-refractivity contribution is 6.29. The number of allylic oxidation sites excluding steroid dienone is 6. The second kappa shape index (κ2) is 13.7. The quantitative estimate of drug-likeness (QED) is 0.104. The number of alkyl halides is 1. The van der Waals surface area contributed by atoms with Crippen molar-refractivity contribution in [3.63, 3.8) is 0 Å². The Balaban J connectivity index is 3.01. The topological polar surface area (TPSA) is 113 Å². The molecular formula is C24H31ClO8. The summed E-state index contributed by atoms with van der Waals surface area (Å²) >= 11 is 5.52. The average molecular weight is 483 g/mol. The van der Waals surface area contributed by atoms with Gasteiger partial charge in [-0.25, -0.2) is 0 Å². The first-order valence-electron chi connectivity index (χ1n) is 10.5. The molecule has 0 spiro atoms. The van der Waals surface area contributed by atoms with E-state index in [1.807, 2.05) is 0 Å². The van der Waals surface area contributed by atoms with Crippen molar-refractivity contribution >= 4 is 41.1 Å². The number of carbonyl (C=O) groups excluding carboxylic acids is 5. The summed E-state index contributed by atoms with van der Waals surface area (Å²) in [5.74, 6) is -3.69. The van der Waals surface area contributed by atoms with E-state index in [1.54, 1.807) is 31.2 Å². The zero-order chi connectivity index (χ0) is 25.0. The Morgan fingerprint density at radius 2 is 1.70 bits per heavy atom. The molecule has 0 N–H and O–H groups in total. The van der Waals surface area contributed by atoms with Crippen molar-refractivity contribution in [3.8, 4) is 0 Å². The molecule has 33 heavy (non-hydrogen) atoms. The predicted octanol–water partition coefficient (Wildman–Crippen LogP) is 3.12. The Morgan fingerprint density at radius 3 is 2.24 bits per heavy atom. The molecule has 1 fully saturated rings. The van der Waals surface area contributed by atoms with Crippen molar-refractivity contribution in [2.45, 2.75) is 39.0 Å². The van der Waals surface area contributed by atoms with Crippen LogP contribution >= 0.6 is 11.6 Å². The molecule has 8 nitrogen and oxygen atoms in total. The molecule has 1 rings (SSSR count). The molecule has 1 aliphatic carbocycles. The fraction of sp³-hybridized carbons (Fsp3) is 0.542. The van der Waals surface area contributed by atoms with Gasteiger partial charge in [-0.2, -0.15) is 0 Å². The van der Waals surface area contributed by atoms with Crippen LogP contribution in [0.15, 0.2) is 36.0 Å². The van der Waals surface area contributed by atoms with Gasteiger partial charge in [0.1, 0.15) is 11.7 Å². The number of rotatable bonds is 12. The number of esters is 3. The van der Waals surface area contributed by atoms with E-state index in [1.165, 1.54) is 27.4 Å². The predicted molar refractivity (Wildman–Crippen MR) is 121 cm³/mol. The third-order valence-corrected chi connectivity index (χ3v) is 5.93. The molecule has 9 heteroatoms. The van der Waals surface area contributed by atoms with Crippen LogP contribution in [0.3, 0.4) is 0 Å². The largest absolute Gasteiger partial charge is 0.468 e. The zero-order valence-electron chi connectivity index (χ0n) is 19.4. The minimum absolute atomic E-state index is 0.00253. The monoisotopic (exact) mass is 482 g/mol. The van der Waals surface area contributed by atoms with E-state index in [-0.39, 0.29) is 42.6 Å². The first-order valence-corrected chi connectivity index (χ1v) is 11.1. The minimum atomic E-state index is -1.59. The third-order valence-electron chi connectivity index (χ3n) is 5.66. The molecule has 0 bridgehead atoms. The van der Waals surface area contributed by atoms with Crippen LogP contribution in [0.1, 0.15) is 39.0 Å². The molecule has 1 saturated carbocycles. The SMILES string of the molecule is COC(=O)[C@H]1C(=O)CC[C@@H]1/C=C\C=C\CC(CC/C(C)=C\C(=O)CCl)(C(=O)OC)C(=O)OC. The summed E-state index contributed by atoms with van der Waals surface area (Å²) in [6.45, 7) is 1.71. The molecule has 0 amide bonds. The molecule has 182 valence electrons. The van der Waals surface area contributed by atoms with E-state index < -0.39 is 29.2 Å². The standard InChI is InChI=1S/C24H31ClO8/c1-16(14-18(26)15-25)11-13-24(22(29)32-3,23(30)33-4)12-7-5-6-8-17-9-10-19(27)20(17)21(28)31-2/h5-8,14,17,20H,9-13,15H2,1-4H3/b7-5+,8-6-,16-14-/t17-,20+/m0/s1. The van der Waals surface area contributed by atoms with Gasteiger partial charge in [0, 0.05) is 6.42 Å². The fourth-order valence-corrected chi connectivity index (χ4v) is 3.89. The molecule has 0 aliphatic heterocycles. The number of carbonyl (C=O) groups is 5. The Morgan fingerprint density at radius 1 is 1.06 bits per heavy atom. The molecule has 1 aliphatic rings. The van der Waals surface area contributed by atoms with Crippen molar-refractivity contribution in [1.82, 2.24) is 0 Å². The van der Waals surface area contributed by atoms with Crippen LogP contribution in [-0.2, 0) is 38.2 Å². The second-order valence-electron chi connectivity index (χ2n) is 7.84. The highest BCUT2D eigenvalue weighted by Crippen LogP contribution is 2.34. The van der Waals surface area contributed by atoms with E-state index in [4.69, 9.17) is 25.8 Å². The molecule has 0 aromatic rings. The van der Waals surface area contributed by atoms with Crippen LogP contribution in [0.4, 0.5) is 0 Å².